The van der Waals surface area contributed by atoms with Crippen LogP contribution >= 0.6 is 11.8 Å². The van der Waals surface area contributed by atoms with Crippen LogP contribution < -0.4 is 5.73 Å². The highest BCUT2D eigenvalue weighted by Gasteiger charge is 2.24. The van der Waals surface area contributed by atoms with Crippen LogP contribution in [0.4, 0.5) is 0 Å². The molecule has 1 nitrogen and oxygen atoms in total. The molecular weight excluding hydrogens is 154 g/mol. The molecule has 0 spiro atoms. The maximum Gasteiger partial charge on any atom is 0.0228 e. The summed E-state index contributed by atoms with van der Waals surface area (Å²) >= 11 is 2.08. The van der Waals surface area contributed by atoms with Gasteiger partial charge in [-0.05, 0) is 26.7 Å². The van der Waals surface area contributed by atoms with Gasteiger partial charge >= 0.3 is 0 Å². The molecule has 0 radical (unpaired) electrons. The van der Waals surface area contributed by atoms with E-state index in [1.807, 2.05) is 0 Å². The summed E-state index contributed by atoms with van der Waals surface area (Å²) in [6.07, 6.45) is 5.68. The lowest BCUT2D eigenvalue weighted by molar-refractivity contribution is 0.712. The minimum Gasteiger partial charge on any atom is -0.329 e. The second kappa shape index (κ2) is 3.81. The van der Waals surface area contributed by atoms with Gasteiger partial charge in [0.2, 0.25) is 0 Å². The van der Waals surface area contributed by atoms with Crippen LogP contribution in [0.25, 0.3) is 0 Å². The lowest BCUT2D eigenvalue weighted by Crippen LogP contribution is -2.29. The van der Waals surface area contributed by atoms with Crippen molar-refractivity contribution in [1.29, 1.82) is 0 Å². The molecule has 1 fully saturated rings. The predicted molar refractivity (Wildman–Crippen MR) is 53.0 cm³/mol. The minimum atomic E-state index is 0.301. The first-order valence-corrected chi connectivity index (χ1v) is 5.40. The summed E-state index contributed by atoms with van der Waals surface area (Å²) in [7, 11) is 0. The molecule has 0 saturated heterocycles. The molecule has 2 heteroatoms. The van der Waals surface area contributed by atoms with Crippen LogP contribution in [0.1, 0.15) is 39.5 Å². The molecule has 1 rings (SSSR count). The maximum atomic E-state index is 5.66. The van der Waals surface area contributed by atoms with Crippen molar-refractivity contribution in [2.75, 3.05) is 6.54 Å². The molecule has 0 bridgehead atoms. The summed E-state index contributed by atoms with van der Waals surface area (Å²) in [6, 6.07) is 0. The van der Waals surface area contributed by atoms with Crippen LogP contribution in [-0.2, 0) is 0 Å². The Morgan fingerprint density at radius 3 is 2.36 bits per heavy atom. The van der Waals surface area contributed by atoms with Gasteiger partial charge in [-0.2, -0.15) is 11.8 Å². The highest BCUT2D eigenvalue weighted by atomic mass is 32.2. The van der Waals surface area contributed by atoms with Gasteiger partial charge in [0.1, 0.15) is 0 Å². The van der Waals surface area contributed by atoms with Gasteiger partial charge in [-0.1, -0.05) is 12.8 Å². The standard InChI is InChI=1S/C9H19NS/c1-9(2,7-10)11-8-5-3-4-6-8/h8H,3-7,10H2,1-2H3. The van der Waals surface area contributed by atoms with Gasteiger partial charge < -0.3 is 5.73 Å². The highest BCUT2D eigenvalue weighted by molar-refractivity contribution is 8.01. The lowest BCUT2D eigenvalue weighted by atomic mass is 10.2. The first kappa shape index (κ1) is 9.40. The Morgan fingerprint density at radius 2 is 1.91 bits per heavy atom. The van der Waals surface area contributed by atoms with Crippen LogP contribution in [-0.4, -0.2) is 16.5 Å². The molecule has 0 aromatic rings. The van der Waals surface area contributed by atoms with Gasteiger partial charge in [0.25, 0.3) is 0 Å². The quantitative estimate of drug-likeness (QED) is 0.709. The van der Waals surface area contributed by atoms with E-state index in [1.165, 1.54) is 25.7 Å². The summed E-state index contributed by atoms with van der Waals surface area (Å²) in [5.74, 6) is 0. The molecule has 0 unspecified atom stereocenters. The summed E-state index contributed by atoms with van der Waals surface area (Å²) in [5, 5.41) is 0.897. The maximum absolute atomic E-state index is 5.66. The molecule has 0 heterocycles. The third-order valence-electron chi connectivity index (χ3n) is 2.28. The molecule has 1 aliphatic carbocycles. The Labute approximate surface area is 74.1 Å². The average Bonchev–Trinajstić information content (AvgIpc) is 2.39. The number of hydrogen-bond acceptors (Lipinski definition) is 2. The van der Waals surface area contributed by atoms with E-state index in [4.69, 9.17) is 5.73 Å². The number of thioether (sulfide) groups is 1. The van der Waals surface area contributed by atoms with Gasteiger partial charge in [0, 0.05) is 16.5 Å². The minimum absolute atomic E-state index is 0.301. The molecule has 1 saturated carbocycles. The fraction of sp³-hybridized carbons (Fsp3) is 1.00. The molecule has 0 atom stereocenters. The van der Waals surface area contributed by atoms with E-state index in [0.29, 0.717) is 4.75 Å². The first-order chi connectivity index (χ1) is 5.14. The third-order valence-corrected chi connectivity index (χ3v) is 3.89. The molecule has 1 aliphatic rings. The zero-order chi connectivity index (χ0) is 8.32. The second-order valence-electron chi connectivity index (χ2n) is 3.99. The monoisotopic (exact) mass is 173 g/mol. The molecule has 0 amide bonds. The fourth-order valence-corrected chi connectivity index (χ4v) is 3.07. The van der Waals surface area contributed by atoms with Gasteiger partial charge in [-0.25, -0.2) is 0 Å². The van der Waals surface area contributed by atoms with Crippen molar-refractivity contribution in [3.05, 3.63) is 0 Å². The van der Waals surface area contributed by atoms with Gasteiger partial charge in [0.15, 0.2) is 0 Å². The number of rotatable bonds is 3. The van der Waals surface area contributed by atoms with Crippen LogP contribution in [0.15, 0.2) is 0 Å². The fourth-order valence-electron chi connectivity index (χ4n) is 1.51. The van der Waals surface area contributed by atoms with Crippen LogP contribution in [0.2, 0.25) is 0 Å². The molecule has 0 aromatic carbocycles. The SMILES string of the molecule is CC(C)(CN)SC1CCCC1. The van der Waals surface area contributed by atoms with Crippen molar-refractivity contribution in [2.24, 2.45) is 5.73 Å². The van der Waals surface area contributed by atoms with E-state index in [1.54, 1.807) is 0 Å². The first-order valence-electron chi connectivity index (χ1n) is 4.52. The number of nitrogens with two attached hydrogens (primary N) is 1. The molecule has 2 N–H and O–H groups in total. The number of hydrogen-bond donors (Lipinski definition) is 1. The molecular formula is C9H19NS. The van der Waals surface area contributed by atoms with Crippen LogP contribution in [0.5, 0.6) is 0 Å². The van der Waals surface area contributed by atoms with Crippen molar-refractivity contribution < 1.29 is 0 Å². The molecule has 66 valence electrons. The van der Waals surface area contributed by atoms with Crippen molar-refractivity contribution in [2.45, 2.75) is 49.5 Å². The highest BCUT2D eigenvalue weighted by Crippen LogP contribution is 2.36. The Kier molecular flexibility index (Phi) is 3.26. The van der Waals surface area contributed by atoms with Crippen molar-refractivity contribution in [3.8, 4) is 0 Å². The smallest absolute Gasteiger partial charge is 0.0228 e. The van der Waals surface area contributed by atoms with E-state index in [-0.39, 0.29) is 0 Å². The average molecular weight is 173 g/mol. The molecule has 11 heavy (non-hydrogen) atoms. The van der Waals surface area contributed by atoms with Crippen LogP contribution in [0, 0.1) is 0 Å². The van der Waals surface area contributed by atoms with Crippen molar-refractivity contribution >= 4 is 11.8 Å². The Bertz CT molecular complexity index is 117. The van der Waals surface area contributed by atoms with Gasteiger partial charge in [0.05, 0.1) is 0 Å². The third kappa shape index (κ3) is 3.04. The van der Waals surface area contributed by atoms with E-state index < -0.39 is 0 Å². The predicted octanol–water partition coefficient (Wildman–Crippen LogP) is 2.40. The zero-order valence-corrected chi connectivity index (χ0v) is 8.41. The normalized spacial score (nSPS) is 21.0. The van der Waals surface area contributed by atoms with E-state index in [0.717, 1.165) is 11.8 Å². The second-order valence-corrected chi connectivity index (χ2v) is 6.00. The molecule has 0 aliphatic heterocycles. The van der Waals surface area contributed by atoms with Crippen molar-refractivity contribution in [1.82, 2.24) is 0 Å². The van der Waals surface area contributed by atoms with Gasteiger partial charge in [-0.15, -0.1) is 0 Å². The molecule has 0 aromatic heterocycles. The summed E-state index contributed by atoms with van der Waals surface area (Å²) in [5.41, 5.74) is 5.66. The van der Waals surface area contributed by atoms with Gasteiger partial charge in [-0.3, -0.25) is 0 Å². The van der Waals surface area contributed by atoms with Crippen molar-refractivity contribution in [3.63, 3.8) is 0 Å². The van der Waals surface area contributed by atoms with E-state index >= 15 is 0 Å². The van der Waals surface area contributed by atoms with E-state index in [2.05, 4.69) is 25.6 Å². The zero-order valence-electron chi connectivity index (χ0n) is 7.60. The Hall–Kier alpha value is 0.310. The van der Waals surface area contributed by atoms with E-state index in [9.17, 15) is 0 Å². The topological polar surface area (TPSA) is 26.0 Å². The van der Waals surface area contributed by atoms with Crippen LogP contribution in [0.3, 0.4) is 0 Å². The summed E-state index contributed by atoms with van der Waals surface area (Å²) in [4.78, 5) is 0. The summed E-state index contributed by atoms with van der Waals surface area (Å²) in [6.45, 7) is 5.29. The lowest BCUT2D eigenvalue weighted by Gasteiger charge is -2.25. The summed E-state index contributed by atoms with van der Waals surface area (Å²) < 4.78 is 0.301. The largest absolute Gasteiger partial charge is 0.329 e. The Balaban J connectivity index is 2.28. The Morgan fingerprint density at radius 1 is 1.36 bits per heavy atom.